The molecule has 1 atom stereocenters. The van der Waals surface area contributed by atoms with Gasteiger partial charge in [-0.25, -0.2) is 0 Å². The number of ether oxygens (including phenoxy) is 3. The Hall–Kier alpha value is -0.120. The lowest BCUT2D eigenvalue weighted by Gasteiger charge is -2.31. The smallest absolute Gasteiger partial charge is 0.163 e. The van der Waals surface area contributed by atoms with Crippen LogP contribution in [0.3, 0.4) is 0 Å². The topological polar surface area (TPSA) is 27.7 Å². The minimum absolute atomic E-state index is 0.116. The zero-order valence-corrected chi connectivity index (χ0v) is 7.42. The van der Waals surface area contributed by atoms with Gasteiger partial charge in [-0.2, -0.15) is 0 Å². The van der Waals surface area contributed by atoms with E-state index in [0.29, 0.717) is 19.8 Å². The van der Waals surface area contributed by atoms with Gasteiger partial charge in [-0.1, -0.05) is 0 Å². The van der Waals surface area contributed by atoms with Crippen molar-refractivity contribution in [3.05, 3.63) is 0 Å². The van der Waals surface area contributed by atoms with Crippen molar-refractivity contribution in [2.45, 2.75) is 32.7 Å². The number of hydrogen-bond acceptors (Lipinski definition) is 3. The quantitative estimate of drug-likeness (QED) is 0.532. The van der Waals surface area contributed by atoms with Gasteiger partial charge in [0.05, 0.1) is 25.9 Å². The first kappa shape index (κ1) is 8.97. The van der Waals surface area contributed by atoms with Crippen molar-refractivity contribution in [1.82, 2.24) is 0 Å². The molecule has 0 aromatic rings. The van der Waals surface area contributed by atoms with E-state index < -0.39 is 5.79 Å². The third-order valence-electron chi connectivity index (χ3n) is 1.51. The molecule has 1 saturated heterocycles. The molecule has 0 bridgehead atoms. The average molecular weight is 160 g/mol. The molecular weight excluding hydrogens is 144 g/mol. The van der Waals surface area contributed by atoms with E-state index in [1.54, 1.807) is 0 Å². The summed E-state index contributed by atoms with van der Waals surface area (Å²) in [6, 6.07) is 0. The maximum absolute atomic E-state index is 5.53. The Morgan fingerprint density at radius 1 is 1.27 bits per heavy atom. The Morgan fingerprint density at radius 2 is 2.00 bits per heavy atom. The summed E-state index contributed by atoms with van der Waals surface area (Å²) in [7, 11) is 0. The monoisotopic (exact) mass is 160 g/mol. The minimum atomic E-state index is -0.455. The highest BCUT2D eigenvalue weighted by Gasteiger charge is 2.23. The fourth-order valence-corrected chi connectivity index (χ4v) is 1.15. The molecule has 1 aliphatic rings. The zero-order valence-electron chi connectivity index (χ0n) is 7.42. The molecule has 1 unspecified atom stereocenters. The van der Waals surface area contributed by atoms with E-state index in [1.807, 2.05) is 20.8 Å². The van der Waals surface area contributed by atoms with E-state index in [2.05, 4.69) is 0 Å². The molecule has 1 heterocycles. The highest BCUT2D eigenvalue weighted by Crippen LogP contribution is 2.15. The summed E-state index contributed by atoms with van der Waals surface area (Å²) in [6.07, 6.45) is 0.116. The van der Waals surface area contributed by atoms with Gasteiger partial charge in [0.1, 0.15) is 0 Å². The molecule has 0 aliphatic carbocycles. The van der Waals surface area contributed by atoms with Gasteiger partial charge in [-0.05, 0) is 20.8 Å². The van der Waals surface area contributed by atoms with Gasteiger partial charge < -0.3 is 14.2 Å². The standard InChI is InChI=1S/C8H16O3/c1-7-6-9-4-5-10-8(2,3)11-7/h7H,4-6H2,1-3H3. The van der Waals surface area contributed by atoms with Gasteiger partial charge in [-0.3, -0.25) is 0 Å². The first-order valence-corrected chi connectivity index (χ1v) is 4.00. The molecule has 66 valence electrons. The molecule has 3 heteroatoms. The van der Waals surface area contributed by atoms with E-state index in [1.165, 1.54) is 0 Å². The van der Waals surface area contributed by atoms with E-state index in [-0.39, 0.29) is 6.10 Å². The van der Waals surface area contributed by atoms with Crippen LogP contribution >= 0.6 is 0 Å². The number of hydrogen-bond donors (Lipinski definition) is 0. The van der Waals surface area contributed by atoms with E-state index >= 15 is 0 Å². The van der Waals surface area contributed by atoms with Gasteiger partial charge in [0.15, 0.2) is 5.79 Å². The summed E-state index contributed by atoms with van der Waals surface area (Å²) in [5.41, 5.74) is 0. The normalized spacial score (nSPS) is 32.5. The third kappa shape index (κ3) is 3.18. The summed E-state index contributed by atoms with van der Waals surface area (Å²) in [5, 5.41) is 0. The Labute approximate surface area is 67.6 Å². The number of rotatable bonds is 0. The predicted octanol–water partition coefficient (Wildman–Crippen LogP) is 1.17. The van der Waals surface area contributed by atoms with Crippen molar-refractivity contribution >= 4 is 0 Å². The van der Waals surface area contributed by atoms with Crippen molar-refractivity contribution in [2.24, 2.45) is 0 Å². The predicted molar refractivity (Wildman–Crippen MR) is 41.4 cm³/mol. The zero-order chi connectivity index (χ0) is 8.32. The van der Waals surface area contributed by atoms with E-state index in [0.717, 1.165) is 0 Å². The molecule has 0 amide bonds. The summed E-state index contributed by atoms with van der Waals surface area (Å²) in [4.78, 5) is 0. The van der Waals surface area contributed by atoms with Gasteiger partial charge in [0.2, 0.25) is 0 Å². The van der Waals surface area contributed by atoms with Gasteiger partial charge >= 0.3 is 0 Å². The largest absolute Gasteiger partial charge is 0.376 e. The summed E-state index contributed by atoms with van der Waals surface area (Å²) in [5.74, 6) is -0.455. The molecule has 11 heavy (non-hydrogen) atoms. The molecule has 1 rings (SSSR count). The van der Waals surface area contributed by atoms with Crippen LogP contribution in [0.25, 0.3) is 0 Å². The maximum Gasteiger partial charge on any atom is 0.163 e. The fraction of sp³-hybridized carbons (Fsp3) is 1.00. The molecule has 1 fully saturated rings. The van der Waals surface area contributed by atoms with Gasteiger partial charge in [-0.15, -0.1) is 0 Å². The van der Waals surface area contributed by atoms with Crippen LogP contribution in [0, 0.1) is 0 Å². The van der Waals surface area contributed by atoms with Crippen molar-refractivity contribution < 1.29 is 14.2 Å². The lowest BCUT2D eigenvalue weighted by Crippen LogP contribution is -2.37. The highest BCUT2D eigenvalue weighted by atomic mass is 16.7. The molecule has 0 aromatic carbocycles. The second-order valence-electron chi connectivity index (χ2n) is 3.25. The second-order valence-corrected chi connectivity index (χ2v) is 3.25. The SMILES string of the molecule is CC1COCCOC(C)(C)O1. The molecule has 0 radical (unpaired) electrons. The molecule has 0 N–H and O–H groups in total. The Bertz CT molecular complexity index is 123. The van der Waals surface area contributed by atoms with Crippen LogP contribution in [0.2, 0.25) is 0 Å². The summed E-state index contributed by atoms with van der Waals surface area (Å²) >= 11 is 0. The van der Waals surface area contributed by atoms with Crippen molar-refractivity contribution in [2.75, 3.05) is 19.8 Å². The fourth-order valence-electron chi connectivity index (χ4n) is 1.15. The van der Waals surface area contributed by atoms with Crippen LogP contribution in [0.4, 0.5) is 0 Å². The first-order valence-electron chi connectivity index (χ1n) is 4.00. The van der Waals surface area contributed by atoms with Crippen LogP contribution < -0.4 is 0 Å². The molecule has 0 saturated carbocycles. The molecular formula is C8H16O3. The Balaban J connectivity index is 2.42. The minimum Gasteiger partial charge on any atom is -0.376 e. The molecule has 0 spiro atoms. The molecule has 3 nitrogen and oxygen atoms in total. The van der Waals surface area contributed by atoms with Gasteiger partial charge in [0.25, 0.3) is 0 Å². The first-order chi connectivity index (χ1) is 5.10. The molecule has 1 aliphatic heterocycles. The maximum atomic E-state index is 5.53. The van der Waals surface area contributed by atoms with Crippen LogP contribution in [-0.4, -0.2) is 31.7 Å². The Kier molecular flexibility index (Phi) is 2.87. The van der Waals surface area contributed by atoms with Crippen LogP contribution in [0.1, 0.15) is 20.8 Å². The van der Waals surface area contributed by atoms with Crippen molar-refractivity contribution in [1.29, 1.82) is 0 Å². The van der Waals surface area contributed by atoms with Crippen LogP contribution in [0.15, 0.2) is 0 Å². The molecule has 0 aromatic heterocycles. The average Bonchev–Trinajstić information content (AvgIpc) is 1.82. The van der Waals surface area contributed by atoms with Gasteiger partial charge in [0, 0.05) is 0 Å². The lowest BCUT2D eigenvalue weighted by molar-refractivity contribution is -0.260. The van der Waals surface area contributed by atoms with Crippen molar-refractivity contribution in [3.8, 4) is 0 Å². The third-order valence-corrected chi connectivity index (χ3v) is 1.51. The summed E-state index contributed by atoms with van der Waals surface area (Å²) in [6.45, 7) is 7.77. The van der Waals surface area contributed by atoms with E-state index in [4.69, 9.17) is 14.2 Å². The second kappa shape index (κ2) is 3.52. The van der Waals surface area contributed by atoms with Crippen LogP contribution in [0.5, 0.6) is 0 Å². The highest BCUT2D eigenvalue weighted by molar-refractivity contribution is 4.60. The van der Waals surface area contributed by atoms with Crippen LogP contribution in [-0.2, 0) is 14.2 Å². The lowest BCUT2D eigenvalue weighted by atomic mass is 10.3. The van der Waals surface area contributed by atoms with E-state index in [9.17, 15) is 0 Å². The summed E-state index contributed by atoms with van der Waals surface area (Å²) < 4.78 is 16.2. The Morgan fingerprint density at radius 3 is 2.73 bits per heavy atom. The van der Waals surface area contributed by atoms with Crippen molar-refractivity contribution in [3.63, 3.8) is 0 Å².